The van der Waals surface area contributed by atoms with Crippen LogP contribution in [0.25, 0.3) is 0 Å². The van der Waals surface area contributed by atoms with Gasteiger partial charge in [0.15, 0.2) is 5.78 Å². The lowest BCUT2D eigenvalue weighted by Crippen LogP contribution is -2.22. The van der Waals surface area contributed by atoms with Crippen LogP contribution in [-0.2, 0) is 0 Å². The van der Waals surface area contributed by atoms with Crippen molar-refractivity contribution in [3.8, 4) is 0 Å². The lowest BCUT2D eigenvalue weighted by Gasteiger charge is -2.24. The fourth-order valence-electron chi connectivity index (χ4n) is 2.07. The minimum atomic E-state index is -0.355. The number of Topliss-reactive ketones (excluding diaryl/α,β-unsaturated/α-hetero) is 1. The van der Waals surface area contributed by atoms with E-state index in [4.69, 9.17) is 4.52 Å². The zero-order chi connectivity index (χ0) is 10.8. The van der Waals surface area contributed by atoms with E-state index in [9.17, 15) is 9.90 Å². The van der Waals surface area contributed by atoms with E-state index in [0.717, 1.165) is 25.7 Å². The third kappa shape index (κ3) is 2.09. The number of ketones is 1. The molecule has 1 fully saturated rings. The molecule has 4 heteroatoms. The summed E-state index contributed by atoms with van der Waals surface area (Å²) in [7, 11) is 0. The molecule has 4 nitrogen and oxygen atoms in total. The van der Waals surface area contributed by atoms with Crippen molar-refractivity contribution in [1.29, 1.82) is 0 Å². The minimum Gasteiger partial charge on any atom is -0.392 e. The number of aliphatic hydroxyl groups excluding tert-OH is 1. The van der Waals surface area contributed by atoms with E-state index < -0.39 is 0 Å². The van der Waals surface area contributed by atoms with Crippen LogP contribution in [0.4, 0.5) is 0 Å². The Kier molecular flexibility index (Phi) is 2.86. The van der Waals surface area contributed by atoms with Crippen LogP contribution in [0.1, 0.15) is 54.8 Å². The molecule has 0 saturated heterocycles. The minimum absolute atomic E-state index is 0.0133. The average Bonchev–Trinajstić information content (AvgIpc) is 2.67. The molecule has 15 heavy (non-hydrogen) atoms. The molecule has 1 aromatic rings. The molecule has 1 N–H and O–H groups in total. The Morgan fingerprint density at radius 1 is 1.53 bits per heavy atom. The quantitative estimate of drug-likeness (QED) is 0.755. The van der Waals surface area contributed by atoms with Gasteiger partial charge in [-0.3, -0.25) is 4.79 Å². The van der Waals surface area contributed by atoms with Crippen LogP contribution >= 0.6 is 0 Å². The Balaban J connectivity index is 2.17. The van der Waals surface area contributed by atoms with Gasteiger partial charge in [-0.05, 0) is 12.8 Å². The van der Waals surface area contributed by atoms with Gasteiger partial charge in [0.2, 0.25) is 0 Å². The monoisotopic (exact) mass is 209 g/mol. The highest BCUT2D eigenvalue weighted by Crippen LogP contribution is 2.33. The smallest absolute Gasteiger partial charge is 0.181 e. The molecule has 2 unspecified atom stereocenters. The van der Waals surface area contributed by atoms with Gasteiger partial charge in [-0.2, -0.15) is 0 Å². The Morgan fingerprint density at radius 3 is 2.87 bits per heavy atom. The van der Waals surface area contributed by atoms with Gasteiger partial charge in [0.1, 0.15) is 11.5 Å². The summed E-state index contributed by atoms with van der Waals surface area (Å²) in [6.07, 6.45) is 3.52. The SMILES string of the molecule is CC(=O)c1cc(C2CCCCC2O)on1. The second-order valence-electron chi connectivity index (χ2n) is 4.13. The van der Waals surface area contributed by atoms with Gasteiger partial charge in [0.05, 0.1) is 6.10 Å². The first-order chi connectivity index (χ1) is 7.18. The molecule has 0 aromatic carbocycles. The number of carbonyl (C=O) groups excluding carboxylic acids is 1. The molecule has 1 saturated carbocycles. The number of carbonyl (C=O) groups is 1. The van der Waals surface area contributed by atoms with Crippen molar-refractivity contribution in [2.45, 2.75) is 44.6 Å². The molecular weight excluding hydrogens is 194 g/mol. The number of hydrogen-bond acceptors (Lipinski definition) is 4. The largest absolute Gasteiger partial charge is 0.392 e. The summed E-state index contributed by atoms with van der Waals surface area (Å²) in [5, 5.41) is 13.5. The van der Waals surface area contributed by atoms with Crippen molar-refractivity contribution < 1.29 is 14.4 Å². The van der Waals surface area contributed by atoms with Gasteiger partial charge in [0.25, 0.3) is 0 Å². The molecule has 0 spiro atoms. The number of aromatic nitrogens is 1. The molecule has 2 atom stereocenters. The predicted molar refractivity (Wildman–Crippen MR) is 53.7 cm³/mol. The Bertz CT molecular complexity index is 358. The molecule has 82 valence electrons. The number of rotatable bonds is 2. The molecule has 0 aliphatic heterocycles. The number of hydrogen-bond donors (Lipinski definition) is 1. The zero-order valence-corrected chi connectivity index (χ0v) is 8.77. The average molecular weight is 209 g/mol. The maximum atomic E-state index is 11.0. The third-order valence-electron chi connectivity index (χ3n) is 2.98. The van der Waals surface area contributed by atoms with Gasteiger partial charge in [0, 0.05) is 18.9 Å². The maximum absolute atomic E-state index is 11.0. The van der Waals surface area contributed by atoms with Crippen molar-refractivity contribution in [2.75, 3.05) is 0 Å². The lowest BCUT2D eigenvalue weighted by molar-refractivity contribution is 0.0930. The van der Waals surface area contributed by atoms with Gasteiger partial charge >= 0.3 is 0 Å². The van der Waals surface area contributed by atoms with Crippen molar-refractivity contribution >= 4 is 5.78 Å². The van der Waals surface area contributed by atoms with Crippen molar-refractivity contribution in [3.63, 3.8) is 0 Å². The van der Waals surface area contributed by atoms with Crippen LogP contribution < -0.4 is 0 Å². The zero-order valence-electron chi connectivity index (χ0n) is 8.77. The van der Waals surface area contributed by atoms with Crippen molar-refractivity contribution in [3.05, 3.63) is 17.5 Å². The van der Waals surface area contributed by atoms with Crippen LogP contribution in [0.3, 0.4) is 0 Å². The normalized spacial score (nSPS) is 26.5. The molecule has 1 aliphatic rings. The molecule has 1 aliphatic carbocycles. The summed E-state index contributed by atoms with van der Waals surface area (Å²) in [6.45, 7) is 1.46. The predicted octanol–water partition coefficient (Wildman–Crippen LogP) is 1.90. The Morgan fingerprint density at radius 2 is 2.27 bits per heavy atom. The highest BCUT2D eigenvalue weighted by atomic mass is 16.5. The van der Waals surface area contributed by atoms with E-state index in [-0.39, 0.29) is 17.8 Å². The van der Waals surface area contributed by atoms with Crippen LogP contribution in [0.5, 0.6) is 0 Å². The molecule has 1 aromatic heterocycles. The number of nitrogens with zero attached hydrogens (tertiary/aromatic N) is 1. The van der Waals surface area contributed by atoms with Crippen LogP contribution in [-0.4, -0.2) is 22.2 Å². The third-order valence-corrected chi connectivity index (χ3v) is 2.98. The fraction of sp³-hybridized carbons (Fsp3) is 0.636. The molecule has 0 radical (unpaired) electrons. The van der Waals surface area contributed by atoms with Gasteiger partial charge in [-0.25, -0.2) is 0 Å². The summed E-state index contributed by atoms with van der Waals surface area (Å²) in [5.41, 5.74) is 0.350. The van der Waals surface area contributed by atoms with E-state index in [0.29, 0.717) is 11.5 Å². The van der Waals surface area contributed by atoms with Crippen molar-refractivity contribution in [1.82, 2.24) is 5.16 Å². The van der Waals surface area contributed by atoms with Crippen LogP contribution in [0.2, 0.25) is 0 Å². The summed E-state index contributed by atoms with van der Waals surface area (Å²) < 4.78 is 5.11. The van der Waals surface area contributed by atoms with E-state index in [1.54, 1.807) is 6.07 Å². The van der Waals surface area contributed by atoms with Gasteiger partial charge in [-0.15, -0.1) is 0 Å². The highest BCUT2D eigenvalue weighted by Gasteiger charge is 2.28. The highest BCUT2D eigenvalue weighted by molar-refractivity contribution is 5.91. The first kappa shape index (κ1) is 10.4. The molecule has 0 amide bonds. The molecule has 0 bridgehead atoms. The first-order valence-corrected chi connectivity index (χ1v) is 5.34. The topological polar surface area (TPSA) is 63.3 Å². The fourth-order valence-corrected chi connectivity index (χ4v) is 2.07. The van der Waals surface area contributed by atoms with Crippen molar-refractivity contribution in [2.24, 2.45) is 0 Å². The van der Waals surface area contributed by atoms with E-state index in [2.05, 4.69) is 5.16 Å². The summed E-state index contributed by atoms with van der Waals surface area (Å²) in [6, 6.07) is 1.65. The Hall–Kier alpha value is -1.16. The van der Waals surface area contributed by atoms with E-state index in [1.165, 1.54) is 6.92 Å². The standard InChI is InChI=1S/C11H15NO3/c1-7(13)9-6-11(15-12-9)8-4-2-3-5-10(8)14/h6,8,10,14H,2-5H2,1H3. The van der Waals surface area contributed by atoms with E-state index >= 15 is 0 Å². The van der Waals surface area contributed by atoms with Gasteiger partial charge < -0.3 is 9.63 Å². The molecule has 1 heterocycles. The number of aliphatic hydroxyl groups is 1. The lowest BCUT2D eigenvalue weighted by atomic mass is 9.85. The van der Waals surface area contributed by atoms with Gasteiger partial charge in [-0.1, -0.05) is 18.0 Å². The molecule has 2 rings (SSSR count). The summed E-state index contributed by atoms with van der Waals surface area (Å²) in [4.78, 5) is 11.0. The van der Waals surface area contributed by atoms with Crippen LogP contribution in [0, 0.1) is 0 Å². The maximum Gasteiger partial charge on any atom is 0.181 e. The second-order valence-corrected chi connectivity index (χ2v) is 4.13. The Labute approximate surface area is 88.3 Å². The summed E-state index contributed by atoms with van der Waals surface area (Å²) in [5.74, 6) is 0.557. The second kappa shape index (κ2) is 4.14. The van der Waals surface area contributed by atoms with Crippen LogP contribution in [0.15, 0.2) is 10.6 Å². The summed E-state index contributed by atoms with van der Waals surface area (Å²) >= 11 is 0. The molecular formula is C11H15NO3. The first-order valence-electron chi connectivity index (χ1n) is 5.34. The van der Waals surface area contributed by atoms with E-state index in [1.807, 2.05) is 0 Å².